The minimum Gasteiger partial charge on any atom is -0.475 e. The molecule has 0 fully saturated rings. The van der Waals surface area contributed by atoms with Gasteiger partial charge >= 0.3 is 5.97 Å². The Morgan fingerprint density at radius 1 is 1.15 bits per heavy atom. The zero-order chi connectivity index (χ0) is 19.4. The van der Waals surface area contributed by atoms with E-state index in [1.54, 1.807) is 41.3 Å². The first-order valence-corrected chi connectivity index (χ1v) is 8.48. The van der Waals surface area contributed by atoms with Crippen molar-refractivity contribution in [3.8, 4) is 5.75 Å². The number of fused-ring (bicyclic) bond motifs is 1. The van der Waals surface area contributed by atoms with E-state index >= 15 is 0 Å². The molecule has 1 aliphatic rings. The highest BCUT2D eigenvalue weighted by Gasteiger charge is 2.32. The Labute approximate surface area is 156 Å². The number of methoxy groups -OCH3 is 1. The summed E-state index contributed by atoms with van der Waals surface area (Å²) in [4.78, 5) is 38.0. The minimum atomic E-state index is -0.817. The lowest BCUT2D eigenvalue weighted by molar-refractivity contribution is -0.148. The Balaban J connectivity index is 1.79. The van der Waals surface area contributed by atoms with Crippen LogP contribution in [0.4, 0.5) is 11.4 Å². The summed E-state index contributed by atoms with van der Waals surface area (Å²) in [6.45, 7) is 1.63. The number of rotatable bonds is 5. The van der Waals surface area contributed by atoms with Crippen molar-refractivity contribution in [3.63, 3.8) is 0 Å². The third-order valence-corrected chi connectivity index (χ3v) is 4.24. The van der Waals surface area contributed by atoms with Crippen LogP contribution in [0, 0.1) is 0 Å². The van der Waals surface area contributed by atoms with Crippen LogP contribution in [-0.2, 0) is 14.3 Å². The molecule has 0 bridgehead atoms. The standard InChI is InChI=1S/C20H20N2O5/c1-13(23)14-7-3-4-8-15(14)21-19(24)12-22-11-18(20(25)26-2)27-17-10-6-5-9-16(17)22/h3-10,18H,11-12H2,1-2H3,(H,21,24)/t18-/m1/s1. The van der Waals surface area contributed by atoms with Gasteiger partial charge in [-0.2, -0.15) is 0 Å². The zero-order valence-corrected chi connectivity index (χ0v) is 15.1. The molecule has 0 aliphatic carbocycles. The smallest absolute Gasteiger partial charge is 0.348 e. The van der Waals surface area contributed by atoms with E-state index in [9.17, 15) is 14.4 Å². The quantitative estimate of drug-likeness (QED) is 0.644. The fourth-order valence-electron chi connectivity index (χ4n) is 2.97. The van der Waals surface area contributed by atoms with E-state index in [4.69, 9.17) is 9.47 Å². The van der Waals surface area contributed by atoms with Crippen LogP contribution in [0.2, 0.25) is 0 Å². The average Bonchev–Trinajstić information content (AvgIpc) is 2.67. The summed E-state index contributed by atoms with van der Waals surface area (Å²) in [7, 11) is 1.29. The molecule has 0 saturated heterocycles. The highest BCUT2D eigenvalue weighted by atomic mass is 16.6. The fourth-order valence-corrected chi connectivity index (χ4v) is 2.97. The van der Waals surface area contributed by atoms with Crippen molar-refractivity contribution in [1.29, 1.82) is 0 Å². The molecule has 1 atom stereocenters. The van der Waals surface area contributed by atoms with Crippen LogP contribution in [0.25, 0.3) is 0 Å². The summed E-state index contributed by atoms with van der Waals surface area (Å²) < 4.78 is 10.4. The van der Waals surface area contributed by atoms with E-state index in [0.29, 0.717) is 22.7 Å². The molecule has 3 rings (SSSR count). The molecule has 1 amide bonds. The SMILES string of the molecule is COC(=O)[C@H]1CN(CC(=O)Nc2ccccc2C(C)=O)c2ccccc2O1. The monoisotopic (exact) mass is 368 g/mol. The maximum absolute atomic E-state index is 12.6. The number of ether oxygens (including phenoxy) is 2. The minimum absolute atomic E-state index is 0.000106. The van der Waals surface area contributed by atoms with Gasteiger partial charge in [0, 0.05) is 5.56 Å². The number of para-hydroxylation sites is 3. The summed E-state index contributed by atoms with van der Waals surface area (Å²) in [5.74, 6) is -0.426. The molecule has 7 heteroatoms. The maximum Gasteiger partial charge on any atom is 0.348 e. The second-order valence-electron chi connectivity index (χ2n) is 6.13. The van der Waals surface area contributed by atoms with Crippen molar-refractivity contribution in [3.05, 3.63) is 54.1 Å². The molecule has 0 spiro atoms. The summed E-state index contributed by atoms with van der Waals surface area (Å²) >= 11 is 0. The number of benzene rings is 2. The van der Waals surface area contributed by atoms with Crippen LogP contribution in [-0.4, -0.2) is 44.0 Å². The highest BCUT2D eigenvalue weighted by Crippen LogP contribution is 2.33. The van der Waals surface area contributed by atoms with Gasteiger partial charge in [-0.25, -0.2) is 4.79 Å². The van der Waals surface area contributed by atoms with Gasteiger partial charge in [0.15, 0.2) is 5.78 Å². The molecule has 140 valence electrons. The third-order valence-electron chi connectivity index (χ3n) is 4.24. The summed E-state index contributed by atoms with van der Waals surface area (Å²) in [6.07, 6.45) is -0.817. The fraction of sp³-hybridized carbons (Fsp3) is 0.250. The molecule has 0 radical (unpaired) electrons. The number of ketones is 1. The van der Waals surface area contributed by atoms with Crippen molar-refractivity contribution in [2.45, 2.75) is 13.0 Å². The van der Waals surface area contributed by atoms with Gasteiger partial charge in [-0.05, 0) is 31.2 Å². The predicted octanol–water partition coefficient (Wildman–Crippen LogP) is 2.27. The van der Waals surface area contributed by atoms with Gasteiger partial charge in [-0.15, -0.1) is 0 Å². The van der Waals surface area contributed by atoms with E-state index in [0.717, 1.165) is 0 Å². The summed E-state index contributed by atoms with van der Waals surface area (Å²) in [5, 5.41) is 2.77. The number of esters is 1. The lowest BCUT2D eigenvalue weighted by Crippen LogP contribution is -2.47. The predicted molar refractivity (Wildman–Crippen MR) is 100 cm³/mol. The Morgan fingerprint density at radius 3 is 2.59 bits per heavy atom. The first-order valence-electron chi connectivity index (χ1n) is 8.48. The number of nitrogens with zero attached hydrogens (tertiary/aromatic N) is 1. The molecular formula is C20H20N2O5. The van der Waals surface area contributed by atoms with Gasteiger partial charge in [-0.1, -0.05) is 24.3 Å². The molecule has 27 heavy (non-hydrogen) atoms. The topological polar surface area (TPSA) is 84.9 Å². The molecule has 7 nitrogen and oxygen atoms in total. The van der Waals surface area contributed by atoms with Gasteiger partial charge in [0.05, 0.1) is 31.6 Å². The van der Waals surface area contributed by atoms with Gasteiger partial charge in [-0.3, -0.25) is 9.59 Å². The van der Waals surface area contributed by atoms with Crippen molar-refractivity contribution in [2.24, 2.45) is 0 Å². The normalized spacial score (nSPS) is 15.3. The first-order chi connectivity index (χ1) is 13.0. The Morgan fingerprint density at radius 2 is 1.85 bits per heavy atom. The van der Waals surface area contributed by atoms with Crippen LogP contribution in [0.3, 0.4) is 0 Å². The number of amides is 1. The number of hydrogen-bond acceptors (Lipinski definition) is 6. The van der Waals surface area contributed by atoms with Crippen LogP contribution < -0.4 is 15.0 Å². The van der Waals surface area contributed by atoms with Gasteiger partial charge < -0.3 is 19.7 Å². The number of carbonyl (C=O) groups is 3. The lowest BCUT2D eigenvalue weighted by Gasteiger charge is -2.34. The molecule has 0 aromatic heterocycles. The number of carbonyl (C=O) groups excluding carboxylic acids is 3. The molecule has 1 aliphatic heterocycles. The molecular weight excluding hydrogens is 348 g/mol. The van der Waals surface area contributed by atoms with Crippen LogP contribution in [0.15, 0.2) is 48.5 Å². The number of Topliss-reactive ketones (excluding diaryl/α,β-unsaturated/α-hetero) is 1. The van der Waals surface area contributed by atoms with Gasteiger partial charge in [0.25, 0.3) is 0 Å². The maximum atomic E-state index is 12.6. The number of anilines is 2. The van der Waals surface area contributed by atoms with E-state index in [1.165, 1.54) is 14.0 Å². The molecule has 1 N–H and O–H groups in total. The Bertz CT molecular complexity index is 880. The largest absolute Gasteiger partial charge is 0.475 e. The Kier molecular flexibility index (Phi) is 5.40. The lowest BCUT2D eigenvalue weighted by atomic mass is 10.1. The molecule has 2 aromatic rings. The molecule has 1 heterocycles. The number of nitrogens with one attached hydrogen (secondary N) is 1. The first kappa shape index (κ1) is 18.4. The zero-order valence-electron chi connectivity index (χ0n) is 15.1. The second-order valence-corrected chi connectivity index (χ2v) is 6.13. The Hall–Kier alpha value is -3.35. The number of hydrogen-bond donors (Lipinski definition) is 1. The van der Waals surface area contributed by atoms with E-state index in [-0.39, 0.29) is 24.8 Å². The van der Waals surface area contributed by atoms with E-state index < -0.39 is 12.1 Å². The van der Waals surface area contributed by atoms with E-state index in [2.05, 4.69) is 5.32 Å². The summed E-state index contributed by atoms with van der Waals surface area (Å²) in [5.41, 5.74) is 1.62. The van der Waals surface area contributed by atoms with Crippen LogP contribution in [0.5, 0.6) is 5.75 Å². The van der Waals surface area contributed by atoms with Crippen molar-refractivity contribution in [2.75, 3.05) is 30.4 Å². The summed E-state index contributed by atoms with van der Waals surface area (Å²) in [6, 6.07) is 14.0. The molecule has 2 aromatic carbocycles. The highest BCUT2D eigenvalue weighted by molar-refractivity contribution is 6.04. The van der Waals surface area contributed by atoms with Crippen LogP contribution >= 0.6 is 0 Å². The van der Waals surface area contributed by atoms with E-state index in [1.807, 2.05) is 12.1 Å². The molecule has 0 unspecified atom stereocenters. The molecule has 0 saturated carbocycles. The third kappa shape index (κ3) is 4.08. The van der Waals surface area contributed by atoms with Crippen molar-refractivity contribution >= 4 is 29.0 Å². The van der Waals surface area contributed by atoms with Crippen LogP contribution in [0.1, 0.15) is 17.3 Å². The van der Waals surface area contributed by atoms with Gasteiger partial charge in [0.1, 0.15) is 5.75 Å². The average molecular weight is 368 g/mol. The van der Waals surface area contributed by atoms with Crippen molar-refractivity contribution in [1.82, 2.24) is 0 Å². The van der Waals surface area contributed by atoms with Crippen molar-refractivity contribution < 1.29 is 23.9 Å². The second kappa shape index (κ2) is 7.90. The van der Waals surface area contributed by atoms with Gasteiger partial charge in [0.2, 0.25) is 12.0 Å².